The molecule has 0 unspecified atom stereocenters. The largest absolute Gasteiger partial charge is 0.300 e. The lowest BCUT2D eigenvalue weighted by atomic mass is 10.1. The molecule has 0 spiro atoms. The van der Waals surface area contributed by atoms with Crippen LogP contribution in [0.4, 0.5) is 0 Å². The van der Waals surface area contributed by atoms with Crippen LogP contribution in [0.2, 0.25) is 0 Å². The summed E-state index contributed by atoms with van der Waals surface area (Å²) in [5.74, 6) is 1.47. The van der Waals surface area contributed by atoms with E-state index in [2.05, 4.69) is 31.2 Å². The highest BCUT2D eigenvalue weighted by atomic mass is 32.2. The first-order chi connectivity index (χ1) is 7.72. The van der Waals surface area contributed by atoms with E-state index in [9.17, 15) is 4.79 Å². The summed E-state index contributed by atoms with van der Waals surface area (Å²) in [6.45, 7) is 3.85. The van der Waals surface area contributed by atoms with Crippen molar-refractivity contribution in [3.8, 4) is 0 Å². The quantitative estimate of drug-likeness (QED) is 0.663. The summed E-state index contributed by atoms with van der Waals surface area (Å²) in [5.41, 5.74) is 1.34. The highest BCUT2D eigenvalue weighted by Gasteiger charge is 1.97. The molecule has 1 aromatic rings. The number of ketones is 1. The van der Waals surface area contributed by atoms with Crippen molar-refractivity contribution in [2.45, 2.75) is 44.4 Å². The lowest BCUT2D eigenvalue weighted by Crippen LogP contribution is -1.92. The molecule has 1 rings (SSSR count). The SMILES string of the molecule is CCCSc1ccc(CCCC(C)=O)cc1. The van der Waals surface area contributed by atoms with E-state index in [0.29, 0.717) is 6.42 Å². The average Bonchev–Trinajstić information content (AvgIpc) is 2.27. The molecule has 0 radical (unpaired) electrons. The Balaban J connectivity index is 2.36. The Morgan fingerprint density at radius 1 is 1.25 bits per heavy atom. The zero-order valence-corrected chi connectivity index (χ0v) is 11.0. The van der Waals surface area contributed by atoms with Crippen LogP contribution >= 0.6 is 11.8 Å². The van der Waals surface area contributed by atoms with Crippen molar-refractivity contribution in [1.82, 2.24) is 0 Å². The second kappa shape index (κ2) is 7.50. The summed E-state index contributed by atoms with van der Waals surface area (Å²) in [4.78, 5) is 12.1. The molecule has 0 heterocycles. The van der Waals surface area contributed by atoms with Crippen molar-refractivity contribution in [1.29, 1.82) is 0 Å². The zero-order valence-electron chi connectivity index (χ0n) is 10.2. The van der Waals surface area contributed by atoms with Crippen molar-refractivity contribution in [2.24, 2.45) is 0 Å². The maximum Gasteiger partial charge on any atom is 0.129 e. The summed E-state index contributed by atoms with van der Waals surface area (Å²) < 4.78 is 0. The summed E-state index contributed by atoms with van der Waals surface area (Å²) >= 11 is 1.90. The van der Waals surface area contributed by atoms with Crippen LogP contribution < -0.4 is 0 Å². The number of thioether (sulfide) groups is 1. The van der Waals surface area contributed by atoms with Crippen molar-refractivity contribution in [2.75, 3.05) is 5.75 Å². The molecule has 0 saturated heterocycles. The van der Waals surface area contributed by atoms with Gasteiger partial charge >= 0.3 is 0 Å². The third-order valence-electron chi connectivity index (χ3n) is 2.39. The molecule has 88 valence electrons. The van der Waals surface area contributed by atoms with Gasteiger partial charge in [-0.1, -0.05) is 19.1 Å². The van der Waals surface area contributed by atoms with Gasteiger partial charge < -0.3 is 4.79 Å². The van der Waals surface area contributed by atoms with E-state index in [1.807, 2.05) is 11.8 Å². The molecule has 16 heavy (non-hydrogen) atoms. The number of carbonyl (C=O) groups excluding carboxylic acids is 1. The van der Waals surface area contributed by atoms with Gasteiger partial charge in [0.1, 0.15) is 5.78 Å². The predicted molar refractivity (Wildman–Crippen MR) is 71.1 cm³/mol. The van der Waals surface area contributed by atoms with Crippen LogP contribution in [0.3, 0.4) is 0 Å². The molecule has 0 fully saturated rings. The van der Waals surface area contributed by atoms with E-state index in [1.165, 1.54) is 22.6 Å². The molecule has 0 aromatic heterocycles. The Hall–Kier alpha value is -0.760. The minimum absolute atomic E-state index is 0.287. The van der Waals surface area contributed by atoms with Gasteiger partial charge in [0, 0.05) is 11.3 Å². The second-order valence-corrected chi connectivity index (χ2v) is 5.22. The predicted octanol–water partition coefficient (Wildman–Crippen LogP) is 4.10. The third kappa shape index (κ3) is 5.36. The van der Waals surface area contributed by atoms with Gasteiger partial charge in [-0.05, 0) is 49.6 Å². The molecule has 1 aromatic carbocycles. The van der Waals surface area contributed by atoms with Crippen molar-refractivity contribution >= 4 is 17.5 Å². The summed E-state index contributed by atoms with van der Waals surface area (Å²) in [7, 11) is 0. The van der Waals surface area contributed by atoms with E-state index >= 15 is 0 Å². The Labute approximate surface area is 103 Å². The third-order valence-corrected chi connectivity index (χ3v) is 3.61. The molecule has 2 heteroatoms. The average molecular weight is 236 g/mol. The fourth-order valence-electron chi connectivity index (χ4n) is 1.51. The number of carbonyl (C=O) groups is 1. The maximum atomic E-state index is 10.8. The van der Waals surface area contributed by atoms with Crippen LogP contribution in [0.15, 0.2) is 29.2 Å². The Morgan fingerprint density at radius 2 is 1.94 bits per heavy atom. The number of benzene rings is 1. The van der Waals surface area contributed by atoms with E-state index in [4.69, 9.17) is 0 Å². The summed E-state index contributed by atoms with van der Waals surface area (Å²) in [6, 6.07) is 8.73. The van der Waals surface area contributed by atoms with E-state index in [1.54, 1.807) is 6.92 Å². The lowest BCUT2D eigenvalue weighted by molar-refractivity contribution is -0.117. The van der Waals surface area contributed by atoms with Gasteiger partial charge in [-0.2, -0.15) is 0 Å². The van der Waals surface area contributed by atoms with Gasteiger partial charge in [-0.15, -0.1) is 11.8 Å². The molecule has 0 atom stereocenters. The minimum atomic E-state index is 0.287. The molecule has 0 aliphatic rings. The van der Waals surface area contributed by atoms with E-state index in [0.717, 1.165) is 12.8 Å². The smallest absolute Gasteiger partial charge is 0.129 e. The number of aryl methyl sites for hydroxylation is 1. The Bertz CT molecular complexity index is 316. The molecular formula is C14H20OS. The van der Waals surface area contributed by atoms with Gasteiger partial charge in [0.15, 0.2) is 0 Å². The van der Waals surface area contributed by atoms with Crippen LogP contribution in [-0.4, -0.2) is 11.5 Å². The Kier molecular flexibility index (Phi) is 6.24. The zero-order chi connectivity index (χ0) is 11.8. The van der Waals surface area contributed by atoms with Gasteiger partial charge in [-0.25, -0.2) is 0 Å². The molecule has 0 aliphatic carbocycles. The molecule has 0 saturated carbocycles. The fraction of sp³-hybridized carbons (Fsp3) is 0.500. The number of hydrogen-bond acceptors (Lipinski definition) is 2. The van der Waals surface area contributed by atoms with Crippen molar-refractivity contribution in [3.05, 3.63) is 29.8 Å². The van der Waals surface area contributed by atoms with Crippen LogP contribution in [0, 0.1) is 0 Å². The molecule has 0 N–H and O–H groups in total. The highest BCUT2D eigenvalue weighted by molar-refractivity contribution is 7.99. The minimum Gasteiger partial charge on any atom is -0.300 e. The Morgan fingerprint density at radius 3 is 2.50 bits per heavy atom. The molecule has 0 bridgehead atoms. The number of Topliss-reactive ketones (excluding diaryl/α,β-unsaturated/α-hetero) is 1. The van der Waals surface area contributed by atoms with E-state index in [-0.39, 0.29) is 5.78 Å². The number of rotatable bonds is 7. The molecule has 1 nitrogen and oxygen atoms in total. The second-order valence-electron chi connectivity index (χ2n) is 4.05. The lowest BCUT2D eigenvalue weighted by Gasteiger charge is -2.03. The highest BCUT2D eigenvalue weighted by Crippen LogP contribution is 2.19. The fourth-order valence-corrected chi connectivity index (χ4v) is 2.28. The van der Waals surface area contributed by atoms with Crippen molar-refractivity contribution in [3.63, 3.8) is 0 Å². The first-order valence-electron chi connectivity index (χ1n) is 5.93. The molecule has 0 aliphatic heterocycles. The topological polar surface area (TPSA) is 17.1 Å². The standard InChI is InChI=1S/C14H20OS/c1-3-11-16-14-9-7-13(8-10-14)6-4-5-12(2)15/h7-10H,3-6,11H2,1-2H3. The van der Waals surface area contributed by atoms with Crippen LogP contribution in [0.5, 0.6) is 0 Å². The van der Waals surface area contributed by atoms with Gasteiger partial charge in [0.25, 0.3) is 0 Å². The molecular weight excluding hydrogens is 216 g/mol. The monoisotopic (exact) mass is 236 g/mol. The van der Waals surface area contributed by atoms with Gasteiger partial charge in [0.2, 0.25) is 0 Å². The maximum absolute atomic E-state index is 10.8. The van der Waals surface area contributed by atoms with E-state index < -0.39 is 0 Å². The van der Waals surface area contributed by atoms with Gasteiger partial charge in [0.05, 0.1) is 0 Å². The molecule has 0 amide bonds. The van der Waals surface area contributed by atoms with Crippen LogP contribution in [-0.2, 0) is 11.2 Å². The van der Waals surface area contributed by atoms with Gasteiger partial charge in [-0.3, -0.25) is 0 Å². The van der Waals surface area contributed by atoms with Crippen LogP contribution in [0.1, 0.15) is 38.7 Å². The summed E-state index contributed by atoms with van der Waals surface area (Å²) in [5, 5.41) is 0. The summed E-state index contributed by atoms with van der Waals surface area (Å²) in [6.07, 6.45) is 3.90. The number of hydrogen-bond donors (Lipinski definition) is 0. The first-order valence-corrected chi connectivity index (χ1v) is 6.92. The normalized spacial score (nSPS) is 10.4. The first kappa shape index (κ1) is 13.3. The van der Waals surface area contributed by atoms with Crippen molar-refractivity contribution < 1.29 is 4.79 Å². The van der Waals surface area contributed by atoms with Crippen LogP contribution in [0.25, 0.3) is 0 Å².